The maximum atomic E-state index is 12.3. The van der Waals surface area contributed by atoms with Crippen molar-refractivity contribution in [1.29, 1.82) is 0 Å². The first-order chi connectivity index (χ1) is 11.2. The van der Waals surface area contributed by atoms with Crippen LogP contribution in [0, 0.1) is 0 Å². The predicted molar refractivity (Wildman–Crippen MR) is 91.0 cm³/mol. The first kappa shape index (κ1) is 15.9. The van der Waals surface area contributed by atoms with E-state index in [1.54, 1.807) is 31.4 Å². The van der Waals surface area contributed by atoms with Crippen LogP contribution in [0.1, 0.15) is 22.0 Å². The van der Waals surface area contributed by atoms with E-state index in [0.29, 0.717) is 17.1 Å². The Hall–Kier alpha value is -2.02. The molecule has 0 aliphatic heterocycles. The number of rotatable bonds is 5. The monoisotopic (exact) mass is 347 g/mol. The molecular weight excluding hydrogens is 334 g/mol. The Bertz CT molecular complexity index is 837. The summed E-state index contributed by atoms with van der Waals surface area (Å²) in [5.74, 6) is -0.186. The van der Waals surface area contributed by atoms with Gasteiger partial charge in [-0.2, -0.15) is 8.75 Å². The molecule has 2 aromatic carbocycles. The van der Waals surface area contributed by atoms with E-state index in [1.807, 2.05) is 18.2 Å². The molecule has 0 unspecified atom stereocenters. The molecule has 0 spiro atoms. The molecule has 0 aliphatic carbocycles. The maximum absolute atomic E-state index is 12.3. The number of fused-ring (bicyclic) bond motifs is 1. The third-order valence-corrected chi connectivity index (χ3v) is 4.40. The molecule has 118 valence electrons. The Balaban J connectivity index is 1.71. The summed E-state index contributed by atoms with van der Waals surface area (Å²) in [6, 6.07) is 12.7. The number of carbonyl (C=O) groups excluding carboxylic acids is 1. The summed E-state index contributed by atoms with van der Waals surface area (Å²) in [6.45, 7) is 0.326. The quantitative estimate of drug-likeness (QED) is 0.767. The Kier molecular flexibility index (Phi) is 4.85. The van der Waals surface area contributed by atoms with Crippen LogP contribution in [0.4, 0.5) is 0 Å². The van der Waals surface area contributed by atoms with E-state index >= 15 is 0 Å². The fourth-order valence-corrected chi connectivity index (χ4v) is 3.04. The molecule has 0 aliphatic rings. The van der Waals surface area contributed by atoms with Crippen LogP contribution in [0.5, 0.6) is 0 Å². The second-order valence-corrected chi connectivity index (χ2v) is 5.86. The number of aromatic nitrogens is 2. The molecule has 0 fully saturated rings. The zero-order valence-corrected chi connectivity index (χ0v) is 13.9. The number of ether oxygens (including phenoxy) is 1. The SMILES string of the molecule is CO[C@H](CNC(=O)c1ccc2nsnc2c1)c1ccccc1Cl. The van der Waals surface area contributed by atoms with Crippen molar-refractivity contribution in [3.05, 3.63) is 58.6 Å². The average Bonchev–Trinajstić information content (AvgIpc) is 3.04. The van der Waals surface area contributed by atoms with Gasteiger partial charge in [0.15, 0.2) is 0 Å². The molecule has 3 aromatic rings. The summed E-state index contributed by atoms with van der Waals surface area (Å²) in [4.78, 5) is 12.3. The van der Waals surface area contributed by atoms with Gasteiger partial charge < -0.3 is 10.1 Å². The number of nitrogens with zero attached hydrogens (tertiary/aromatic N) is 2. The molecule has 1 aromatic heterocycles. The topological polar surface area (TPSA) is 64.1 Å². The van der Waals surface area contributed by atoms with Crippen LogP contribution in [0.25, 0.3) is 11.0 Å². The highest BCUT2D eigenvalue weighted by Gasteiger charge is 2.16. The number of benzene rings is 2. The predicted octanol–water partition coefficient (Wildman–Crippen LogP) is 3.46. The van der Waals surface area contributed by atoms with Gasteiger partial charge in [-0.25, -0.2) is 0 Å². The van der Waals surface area contributed by atoms with Gasteiger partial charge in [0.25, 0.3) is 5.91 Å². The van der Waals surface area contributed by atoms with Crippen LogP contribution in [0.2, 0.25) is 5.02 Å². The molecule has 0 saturated carbocycles. The van der Waals surface area contributed by atoms with Crippen LogP contribution < -0.4 is 5.32 Å². The molecule has 1 amide bonds. The van der Waals surface area contributed by atoms with Gasteiger partial charge in [-0.05, 0) is 24.3 Å². The Morgan fingerprint density at radius 1 is 1.26 bits per heavy atom. The van der Waals surface area contributed by atoms with Crippen molar-refractivity contribution in [2.45, 2.75) is 6.10 Å². The molecular formula is C16H14ClN3O2S. The Labute approximate surface area is 142 Å². The van der Waals surface area contributed by atoms with Crippen LogP contribution in [0.15, 0.2) is 42.5 Å². The molecule has 1 N–H and O–H groups in total. The summed E-state index contributed by atoms with van der Waals surface area (Å²) in [5, 5.41) is 3.48. The van der Waals surface area contributed by atoms with Crippen LogP contribution in [-0.4, -0.2) is 28.3 Å². The van der Waals surface area contributed by atoms with Crippen LogP contribution in [-0.2, 0) is 4.74 Å². The minimum absolute atomic E-state index is 0.186. The smallest absolute Gasteiger partial charge is 0.251 e. The number of amides is 1. The number of hydrogen-bond acceptors (Lipinski definition) is 5. The number of halogens is 1. The largest absolute Gasteiger partial charge is 0.375 e. The fraction of sp³-hybridized carbons (Fsp3) is 0.188. The van der Waals surface area contributed by atoms with E-state index in [9.17, 15) is 4.79 Å². The molecule has 7 heteroatoms. The van der Waals surface area contributed by atoms with Gasteiger partial charge in [-0.15, -0.1) is 0 Å². The molecule has 0 bridgehead atoms. The highest BCUT2D eigenvalue weighted by molar-refractivity contribution is 7.00. The summed E-state index contributed by atoms with van der Waals surface area (Å²) < 4.78 is 13.7. The summed E-state index contributed by atoms with van der Waals surface area (Å²) in [5.41, 5.74) is 2.89. The second-order valence-electron chi connectivity index (χ2n) is 4.92. The first-order valence-electron chi connectivity index (χ1n) is 6.97. The second kappa shape index (κ2) is 7.04. The summed E-state index contributed by atoms with van der Waals surface area (Å²) >= 11 is 7.30. The standard InChI is InChI=1S/C16H14ClN3O2S/c1-22-15(11-4-2-3-5-12(11)17)9-18-16(21)10-6-7-13-14(8-10)20-23-19-13/h2-8,15H,9H2,1H3,(H,18,21)/t15-/m1/s1. The van der Waals surface area contributed by atoms with Gasteiger partial charge in [0, 0.05) is 29.8 Å². The van der Waals surface area contributed by atoms with E-state index in [2.05, 4.69) is 14.1 Å². The zero-order valence-electron chi connectivity index (χ0n) is 12.3. The van der Waals surface area contributed by atoms with Gasteiger partial charge in [0.2, 0.25) is 0 Å². The highest BCUT2D eigenvalue weighted by Crippen LogP contribution is 2.24. The van der Waals surface area contributed by atoms with Crippen molar-refractivity contribution in [3.63, 3.8) is 0 Å². The van der Waals surface area contributed by atoms with Crippen molar-refractivity contribution in [3.8, 4) is 0 Å². The molecule has 5 nitrogen and oxygen atoms in total. The maximum Gasteiger partial charge on any atom is 0.251 e. The zero-order chi connectivity index (χ0) is 16.2. The lowest BCUT2D eigenvalue weighted by molar-refractivity contribution is 0.0828. The van der Waals surface area contributed by atoms with Crippen molar-refractivity contribution in [1.82, 2.24) is 14.1 Å². The minimum Gasteiger partial charge on any atom is -0.375 e. The number of nitrogens with one attached hydrogen (secondary N) is 1. The lowest BCUT2D eigenvalue weighted by Crippen LogP contribution is -2.29. The van der Waals surface area contributed by atoms with Gasteiger partial charge >= 0.3 is 0 Å². The Morgan fingerprint density at radius 2 is 2.04 bits per heavy atom. The fourth-order valence-electron chi connectivity index (χ4n) is 2.27. The lowest BCUT2D eigenvalue weighted by Gasteiger charge is -2.17. The van der Waals surface area contributed by atoms with Gasteiger partial charge in [0.1, 0.15) is 17.1 Å². The van der Waals surface area contributed by atoms with Crippen LogP contribution in [0.3, 0.4) is 0 Å². The minimum atomic E-state index is -0.308. The van der Waals surface area contributed by atoms with Crippen molar-refractivity contribution in [2.24, 2.45) is 0 Å². The third-order valence-electron chi connectivity index (χ3n) is 3.50. The van der Waals surface area contributed by atoms with Crippen molar-refractivity contribution >= 4 is 40.3 Å². The third kappa shape index (κ3) is 3.50. The normalized spacial score (nSPS) is 12.3. The first-order valence-corrected chi connectivity index (χ1v) is 8.07. The van der Waals surface area contributed by atoms with E-state index in [4.69, 9.17) is 16.3 Å². The number of methoxy groups -OCH3 is 1. The molecule has 1 heterocycles. The van der Waals surface area contributed by atoms with Crippen molar-refractivity contribution in [2.75, 3.05) is 13.7 Å². The van der Waals surface area contributed by atoms with E-state index in [1.165, 1.54) is 0 Å². The number of hydrogen-bond donors (Lipinski definition) is 1. The van der Waals surface area contributed by atoms with Crippen LogP contribution >= 0.6 is 23.3 Å². The molecule has 0 saturated heterocycles. The summed E-state index contributed by atoms with van der Waals surface area (Å²) in [7, 11) is 1.59. The average molecular weight is 348 g/mol. The number of carbonyl (C=O) groups is 1. The van der Waals surface area contributed by atoms with Gasteiger partial charge in [0.05, 0.1) is 11.7 Å². The van der Waals surface area contributed by atoms with Gasteiger partial charge in [-0.3, -0.25) is 4.79 Å². The lowest BCUT2D eigenvalue weighted by atomic mass is 10.1. The van der Waals surface area contributed by atoms with E-state index < -0.39 is 0 Å². The Morgan fingerprint density at radius 3 is 2.83 bits per heavy atom. The highest BCUT2D eigenvalue weighted by atomic mass is 35.5. The van der Waals surface area contributed by atoms with E-state index in [0.717, 1.165) is 28.3 Å². The molecule has 23 heavy (non-hydrogen) atoms. The molecule has 0 radical (unpaired) electrons. The summed E-state index contributed by atoms with van der Waals surface area (Å²) in [6.07, 6.45) is -0.308. The van der Waals surface area contributed by atoms with E-state index in [-0.39, 0.29) is 12.0 Å². The molecule has 3 rings (SSSR count). The molecule has 1 atom stereocenters. The van der Waals surface area contributed by atoms with Crippen molar-refractivity contribution < 1.29 is 9.53 Å². The van der Waals surface area contributed by atoms with Gasteiger partial charge in [-0.1, -0.05) is 29.8 Å².